The first-order valence-electron chi connectivity index (χ1n) is 4.63. The molecule has 0 saturated carbocycles. The Morgan fingerprint density at radius 2 is 2.21 bits per heavy atom. The van der Waals surface area contributed by atoms with Crippen molar-refractivity contribution in [2.75, 3.05) is 6.54 Å². The van der Waals surface area contributed by atoms with Gasteiger partial charge in [0.25, 0.3) is 0 Å². The predicted octanol–water partition coefficient (Wildman–Crippen LogP) is 0.287. The van der Waals surface area contributed by atoms with Crippen LogP contribution in [0, 0.1) is 6.92 Å². The maximum atomic E-state index is 11.6. The van der Waals surface area contributed by atoms with E-state index >= 15 is 0 Å². The summed E-state index contributed by atoms with van der Waals surface area (Å²) in [7, 11) is 0. The summed E-state index contributed by atoms with van der Waals surface area (Å²) in [4.78, 5) is 25.5. The van der Waals surface area contributed by atoms with Gasteiger partial charge in [-0.1, -0.05) is 0 Å². The van der Waals surface area contributed by atoms with Gasteiger partial charge in [0, 0.05) is 42.4 Å². The van der Waals surface area contributed by atoms with Crippen LogP contribution in [0.2, 0.25) is 0 Å². The molecular weight excluding hydrogens is 180 g/mol. The second-order valence-electron chi connectivity index (χ2n) is 3.64. The summed E-state index contributed by atoms with van der Waals surface area (Å²) in [6, 6.07) is 1.57. The van der Waals surface area contributed by atoms with Crippen molar-refractivity contribution in [1.82, 2.24) is 10.3 Å². The van der Waals surface area contributed by atoms with Crippen molar-refractivity contribution in [1.29, 1.82) is 0 Å². The van der Waals surface area contributed by atoms with E-state index < -0.39 is 0 Å². The first-order chi connectivity index (χ1) is 6.66. The van der Waals surface area contributed by atoms with E-state index in [2.05, 4.69) is 10.3 Å². The number of rotatable bonds is 1. The molecule has 0 aliphatic carbocycles. The third-order valence-electron chi connectivity index (χ3n) is 2.50. The largest absolute Gasteiger partial charge is 0.365 e. The molecule has 0 aromatic carbocycles. The molecule has 1 atom stereocenters. The number of hydrogen-bond donors (Lipinski definition) is 2. The molecular formula is C10H12N2O2. The predicted molar refractivity (Wildman–Crippen MR) is 52.2 cm³/mol. The fourth-order valence-corrected chi connectivity index (χ4v) is 1.73. The van der Waals surface area contributed by atoms with Crippen molar-refractivity contribution in [2.45, 2.75) is 19.3 Å². The van der Waals surface area contributed by atoms with Gasteiger partial charge in [-0.2, -0.15) is 0 Å². The van der Waals surface area contributed by atoms with Crippen LogP contribution in [0.25, 0.3) is 0 Å². The summed E-state index contributed by atoms with van der Waals surface area (Å²) >= 11 is 0. The van der Waals surface area contributed by atoms with Crippen molar-refractivity contribution in [3.8, 4) is 0 Å². The van der Waals surface area contributed by atoms with Gasteiger partial charge in [0.2, 0.25) is 5.91 Å². The highest BCUT2D eigenvalue weighted by molar-refractivity contribution is 5.79. The zero-order valence-electron chi connectivity index (χ0n) is 7.96. The molecule has 1 amide bonds. The van der Waals surface area contributed by atoms with E-state index in [1.54, 1.807) is 12.3 Å². The Morgan fingerprint density at radius 3 is 2.79 bits per heavy atom. The van der Waals surface area contributed by atoms with Crippen LogP contribution in [0.1, 0.15) is 23.6 Å². The number of aromatic amines is 1. The second kappa shape index (κ2) is 3.29. The normalized spacial score (nSPS) is 20.9. The summed E-state index contributed by atoms with van der Waals surface area (Å²) in [6.07, 6.45) is 2.13. The van der Waals surface area contributed by atoms with Crippen LogP contribution in [-0.4, -0.2) is 17.4 Å². The smallest absolute Gasteiger partial charge is 0.220 e. The molecule has 2 N–H and O–H groups in total. The molecule has 0 bridgehead atoms. The molecule has 2 rings (SSSR count). The fraction of sp³-hybridized carbons (Fsp3) is 0.400. The Bertz CT molecular complexity index is 422. The number of amides is 1. The molecule has 4 nitrogen and oxygen atoms in total. The minimum atomic E-state index is 0.0164. The Labute approximate surface area is 81.3 Å². The number of carbonyl (C=O) groups excluding carboxylic acids is 1. The summed E-state index contributed by atoms with van der Waals surface area (Å²) in [5.41, 5.74) is 1.56. The Hall–Kier alpha value is -1.58. The Kier molecular flexibility index (Phi) is 2.11. The lowest BCUT2D eigenvalue weighted by molar-refractivity contribution is -0.119. The van der Waals surface area contributed by atoms with E-state index in [0.717, 1.165) is 5.69 Å². The third kappa shape index (κ3) is 1.55. The lowest BCUT2D eigenvalue weighted by atomic mass is 9.99. The lowest BCUT2D eigenvalue weighted by Crippen LogP contribution is -2.17. The van der Waals surface area contributed by atoms with Crippen molar-refractivity contribution in [2.24, 2.45) is 0 Å². The summed E-state index contributed by atoms with van der Waals surface area (Å²) in [5.74, 6) is 0.0572. The minimum Gasteiger partial charge on any atom is -0.365 e. The van der Waals surface area contributed by atoms with E-state index in [1.165, 1.54) is 0 Å². The standard InChI is InChI=1S/C10H12N2O2/c1-6-2-9(13)8(5-11-6)7-3-10(14)12-4-7/h2,5,7H,3-4H2,1H3,(H,11,13)(H,12,14). The molecule has 4 heteroatoms. The van der Waals surface area contributed by atoms with Gasteiger partial charge in [0.15, 0.2) is 5.43 Å². The maximum Gasteiger partial charge on any atom is 0.220 e. The van der Waals surface area contributed by atoms with Crippen molar-refractivity contribution in [3.63, 3.8) is 0 Å². The average molecular weight is 192 g/mol. The highest BCUT2D eigenvalue weighted by Gasteiger charge is 2.24. The number of carbonyl (C=O) groups is 1. The van der Waals surface area contributed by atoms with Crippen molar-refractivity contribution < 1.29 is 4.79 Å². The summed E-state index contributed by atoms with van der Waals surface area (Å²) in [6.45, 7) is 2.41. The number of pyridine rings is 1. The monoisotopic (exact) mass is 192 g/mol. The maximum absolute atomic E-state index is 11.6. The van der Waals surface area contributed by atoms with Gasteiger partial charge >= 0.3 is 0 Å². The molecule has 0 spiro atoms. The van der Waals surface area contributed by atoms with Crippen LogP contribution in [0.4, 0.5) is 0 Å². The first kappa shape index (κ1) is 8.99. The SMILES string of the molecule is Cc1cc(=O)c(C2CNC(=O)C2)c[nH]1. The van der Waals surface area contributed by atoms with E-state index in [1.807, 2.05) is 6.92 Å². The number of hydrogen-bond acceptors (Lipinski definition) is 2. The number of aryl methyl sites for hydroxylation is 1. The molecule has 14 heavy (non-hydrogen) atoms. The van der Waals surface area contributed by atoms with E-state index in [4.69, 9.17) is 0 Å². The van der Waals surface area contributed by atoms with Gasteiger partial charge < -0.3 is 10.3 Å². The molecule has 1 unspecified atom stereocenters. The van der Waals surface area contributed by atoms with Crippen LogP contribution in [0.5, 0.6) is 0 Å². The van der Waals surface area contributed by atoms with Crippen LogP contribution >= 0.6 is 0 Å². The van der Waals surface area contributed by atoms with Crippen LogP contribution < -0.4 is 10.7 Å². The van der Waals surface area contributed by atoms with Gasteiger partial charge in [-0.15, -0.1) is 0 Å². The molecule has 0 radical (unpaired) electrons. The first-order valence-corrected chi connectivity index (χ1v) is 4.63. The van der Waals surface area contributed by atoms with Gasteiger partial charge in [0.05, 0.1) is 0 Å². The number of H-pyrrole nitrogens is 1. The fourth-order valence-electron chi connectivity index (χ4n) is 1.73. The average Bonchev–Trinajstić information content (AvgIpc) is 2.51. The molecule has 1 aliphatic heterocycles. The highest BCUT2D eigenvalue weighted by atomic mass is 16.2. The Balaban J connectivity index is 2.33. The van der Waals surface area contributed by atoms with Gasteiger partial charge in [-0.25, -0.2) is 0 Å². The van der Waals surface area contributed by atoms with Gasteiger partial charge in [-0.05, 0) is 6.92 Å². The second-order valence-corrected chi connectivity index (χ2v) is 3.64. The summed E-state index contributed by atoms with van der Waals surface area (Å²) in [5, 5.41) is 2.72. The molecule has 1 aliphatic rings. The summed E-state index contributed by atoms with van der Waals surface area (Å²) < 4.78 is 0. The molecule has 1 aromatic heterocycles. The third-order valence-corrected chi connectivity index (χ3v) is 2.50. The van der Waals surface area contributed by atoms with E-state index in [-0.39, 0.29) is 17.3 Å². The highest BCUT2D eigenvalue weighted by Crippen LogP contribution is 2.19. The lowest BCUT2D eigenvalue weighted by Gasteiger charge is -2.06. The van der Waals surface area contributed by atoms with Gasteiger partial charge in [0.1, 0.15) is 0 Å². The molecule has 1 aromatic rings. The molecule has 1 fully saturated rings. The Morgan fingerprint density at radius 1 is 1.43 bits per heavy atom. The van der Waals surface area contributed by atoms with Crippen LogP contribution in [0.15, 0.2) is 17.1 Å². The zero-order valence-corrected chi connectivity index (χ0v) is 7.96. The molecule has 1 saturated heterocycles. The topological polar surface area (TPSA) is 62.0 Å². The van der Waals surface area contributed by atoms with E-state index in [9.17, 15) is 9.59 Å². The molecule has 74 valence electrons. The van der Waals surface area contributed by atoms with Crippen LogP contribution in [-0.2, 0) is 4.79 Å². The van der Waals surface area contributed by atoms with Crippen LogP contribution in [0.3, 0.4) is 0 Å². The minimum absolute atomic E-state index is 0.0164. The van der Waals surface area contributed by atoms with Crippen molar-refractivity contribution in [3.05, 3.63) is 33.7 Å². The zero-order chi connectivity index (χ0) is 10.1. The quantitative estimate of drug-likeness (QED) is 0.671. The van der Waals surface area contributed by atoms with Gasteiger partial charge in [-0.3, -0.25) is 9.59 Å². The number of aromatic nitrogens is 1. The van der Waals surface area contributed by atoms with E-state index in [0.29, 0.717) is 18.5 Å². The number of nitrogens with one attached hydrogen (secondary N) is 2. The molecule has 2 heterocycles. The van der Waals surface area contributed by atoms with Crippen molar-refractivity contribution >= 4 is 5.91 Å².